The van der Waals surface area contributed by atoms with Crippen LogP contribution in [-0.4, -0.2) is 65.8 Å². The smallest absolute Gasteiger partial charge is 0.351 e. The van der Waals surface area contributed by atoms with Crippen molar-refractivity contribution in [1.82, 2.24) is 19.3 Å². The van der Waals surface area contributed by atoms with E-state index in [9.17, 15) is 13.2 Å². The first kappa shape index (κ1) is 15.6. The molecule has 0 radical (unpaired) electrons. The van der Waals surface area contributed by atoms with Gasteiger partial charge >= 0.3 is 6.09 Å². The largest absolute Gasteiger partial charge is 0.432 e. The predicted molar refractivity (Wildman–Crippen MR) is 74.7 cm³/mol. The molecule has 2 heterocycles. The highest BCUT2D eigenvalue weighted by Crippen LogP contribution is 2.09. The van der Waals surface area contributed by atoms with E-state index in [4.69, 9.17) is 4.84 Å². The molecule has 116 valence electrons. The maximum Gasteiger partial charge on any atom is 0.432 e. The first-order valence-electron chi connectivity index (χ1n) is 6.49. The van der Waals surface area contributed by atoms with Crippen molar-refractivity contribution < 1.29 is 18.0 Å². The summed E-state index contributed by atoms with van der Waals surface area (Å²) in [7, 11) is -3.19. The van der Waals surface area contributed by atoms with Crippen molar-refractivity contribution >= 4 is 21.9 Å². The fourth-order valence-corrected chi connectivity index (χ4v) is 2.91. The third kappa shape index (κ3) is 4.34. The third-order valence-electron chi connectivity index (χ3n) is 2.96. The SMILES string of the molecule is CCS(=O)(=O)N1CCN(OC(=O)Nc2cnccn2)CC1. The Bertz CT molecular complexity index is 572. The van der Waals surface area contributed by atoms with E-state index in [1.54, 1.807) is 6.92 Å². The van der Waals surface area contributed by atoms with Gasteiger partial charge in [0.15, 0.2) is 5.82 Å². The summed E-state index contributed by atoms with van der Waals surface area (Å²) in [6, 6.07) is 0. The number of hydroxylamine groups is 2. The Labute approximate surface area is 122 Å². The van der Waals surface area contributed by atoms with Gasteiger partial charge in [-0.2, -0.15) is 4.31 Å². The zero-order chi connectivity index (χ0) is 15.3. The molecule has 0 aromatic carbocycles. The van der Waals surface area contributed by atoms with Crippen LogP contribution < -0.4 is 5.32 Å². The summed E-state index contributed by atoms with van der Waals surface area (Å²) in [5, 5.41) is 3.86. The highest BCUT2D eigenvalue weighted by molar-refractivity contribution is 7.89. The second-order valence-corrected chi connectivity index (χ2v) is 6.58. The van der Waals surface area contributed by atoms with Crippen LogP contribution in [0.2, 0.25) is 0 Å². The molecule has 1 aliphatic rings. The van der Waals surface area contributed by atoms with Crippen LogP contribution in [0.5, 0.6) is 0 Å². The molecule has 0 atom stereocenters. The van der Waals surface area contributed by atoms with Crippen molar-refractivity contribution in [3.63, 3.8) is 0 Å². The van der Waals surface area contributed by atoms with Crippen LogP contribution >= 0.6 is 0 Å². The van der Waals surface area contributed by atoms with Crippen LogP contribution in [0.15, 0.2) is 18.6 Å². The van der Waals surface area contributed by atoms with Gasteiger partial charge in [0.25, 0.3) is 0 Å². The summed E-state index contributed by atoms with van der Waals surface area (Å²) in [5.41, 5.74) is 0. The Morgan fingerprint density at radius 3 is 2.62 bits per heavy atom. The summed E-state index contributed by atoms with van der Waals surface area (Å²) in [4.78, 5) is 24.4. The Hall–Kier alpha value is -1.78. The van der Waals surface area contributed by atoms with E-state index in [0.29, 0.717) is 26.2 Å². The fourth-order valence-electron chi connectivity index (χ4n) is 1.83. The number of piperazine rings is 1. The Balaban J connectivity index is 1.80. The van der Waals surface area contributed by atoms with Crippen LogP contribution in [0.3, 0.4) is 0 Å². The van der Waals surface area contributed by atoms with Crippen LogP contribution in [0.25, 0.3) is 0 Å². The lowest BCUT2D eigenvalue weighted by Gasteiger charge is -2.32. The Morgan fingerprint density at radius 1 is 1.33 bits per heavy atom. The van der Waals surface area contributed by atoms with Crippen molar-refractivity contribution in [1.29, 1.82) is 0 Å². The summed E-state index contributed by atoms with van der Waals surface area (Å²) in [6.07, 6.45) is 3.66. The molecule has 0 bridgehead atoms. The second kappa shape index (κ2) is 6.78. The molecule has 1 saturated heterocycles. The van der Waals surface area contributed by atoms with Crippen LogP contribution in [0, 0.1) is 0 Å². The normalized spacial score (nSPS) is 17.4. The number of nitrogens with zero attached hydrogens (tertiary/aromatic N) is 4. The molecule has 0 spiro atoms. The molecule has 21 heavy (non-hydrogen) atoms. The van der Waals surface area contributed by atoms with E-state index in [0.717, 1.165) is 0 Å². The van der Waals surface area contributed by atoms with E-state index in [-0.39, 0.29) is 11.6 Å². The lowest BCUT2D eigenvalue weighted by atomic mass is 10.4. The van der Waals surface area contributed by atoms with Gasteiger partial charge in [0, 0.05) is 38.6 Å². The third-order valence-corrected chi connectivity index (χ3v) is 4.84. The molecule has 2 rings (SSSR count). The molecule has 10 heteroatoms. The number of amides is 1. The number of hydrogen-bond acceptors (Lipinski definition) is 7. The minimum Gasteiger partial charge on any atom is -0.351 e. The average molecular weight is 315 g/mol. The molecule has 1 fully saturated rings. The van der Waals surface area contributed by atoms with Gasteiger partial charge in [-0.25, -0.2) is 18.2 Å². The number of carbonyl (C=O) groups excluding carboxylic acids is 1. The zero-order valence-electron chi connectivity index (χ0n) is 11.6. The van der Waals surface area contributed by atoms with E-state index in [1.807, 2.05) is 0 Å². The Kier molecular flexibility index (Phi) is 5.04. The van der Waals surface area contributed by atoms with Gasteiger partial charge in [-0.3, -0.25) is 10.3 Å². The van der Waals surface area contributed by atoms with Crippen molar-refractivity contribution in [3.05, 3.63) is 18.6 Å². The number of rotatable bonds is 4. The highest BCUT2D eigenvalue weighted by Gasteiger charge is 2.27. The van der Waals surface area contributed by atoms with Gasteiger partial charge < -0.3 is 4.84 Å². The number of anilines is 1. The van der Waals surface area contributed by atoms with Crippen LogP contribution in [0.1, 0.15) is 6.92 Å². The molecule has 0 unspecified atom stereocenters. The molecule has 1 amide bonds. The average Bonchev–Trinajstić information content (AvgIpc) is 2.48. The van der Waals surface area contributed by atoms with Crippen LogP contribution in [0.4, 0.5) is 10.6 Å². The molecule has 0 saturated carbocycles. The Morgan fingerprint density at radius 2 is 2.05 bits per heavy atom. The quantitative estimate of drug-likeness (QED) is 0.827. The van der Waals surface area contributed by atoms with Gasteiger partial charge in [0.1, 0.15) is 0 Å². The topological polar surface area (TPSA) is 105 Å². The minimum absolute atomic E-state index is 0.0705. The predicted octanol–water partition coefficient (Wildman–Crippen LogP) is -0.0926. The van der Waals surface area contributed by atoms with Crippen molar-refractivity contribution in [2.45, 2.75) is 6.92 Å². The summed E-state index contributed by atoms with van der Waals surface area (Å²) in [6.45, 7) is 2.86. The molecule has 1 aromatic heterocycles. The highest BCUT2D eigenvalue weighted by atomic mass is 32.2. The number of sulfonamides is 1. The molecule has 1 aromatic rings. The lowest BCUT2D eigenvalue weighted by molar-refractivity contribution is -0.109. The van der Waals surface area contributed by atoms with Gasteiger partial charge in [-0.1, -0.05) is 0 Å². The zero-order valence-corrected chi connectivity index (χ0v) is 12.4. The van der Waals surface area contributed by atoms with E-state index >= 15 is 0 Å². The van der Waals surface area contributed by atoms with Gasteiger partial charge in [-0.05, 0) is 6.92 Å². The number of carbonyl (C=O) groups is 1. The fraction of sp³-hybridized carbons (Fsp3) is 0.545. The van der Waals surface area contributed by atoms with Gasteiger partial charge in [0.2, 0.25) is 10.0 Å². The van der Waals surface area contributed by atoms with Gasteiger partial charge in [-0.15, -0.1) is 5.06 Å². The van der Waals surface area contributed by atoms with Crippen molar-refractivity contribution in [2.75, 3.05) is 37.2 Å². The van der Waals surface area contributed by atoms with Gasteiger partial charge in [0.05, 0.1) is 11.9 Å². The standard InChI is InChI=1S/C11H17N5O4S/c1-2-21(18,19)16-7-5-15(6-8-16)20-11(17)14-10-9-12-3-4-13-10/h3-4,9H,2,5-8H2,1H3,(H,13,14,17). The molecule has 0 aliphatic carbocycles. The van der Waals surface area contributed by atoms with E-state index in [2.05, 4.69) is 15.3 Å². The van der Waals surface area contributed by atoms with E-state index in [1.165, 1.54) is 28.0 Å². The lowest BCUT2D eigenvalue weighted by Crippen LogP contribution is -2.49. The first-order chi connectivity index (χ1) is 10.0. The molecule has 9 nitrogen and oxygen atoms in total. The van der Waals surface area contributed by atoms with Crippen molar-refractivity contribution in [2.24, 2.45) is 0 Å². The number of nitrogens with one attached hydrogen (secondary N) is 1. The molecule has 1 N–H and O–H groups in total. The second-order valence-electron chi connectivity index (χ2n) is 4.32. The summed E-state index contributed by atoms with van der Waals surface area (Å²) < 4.78 is 24.8. The monoisotopic (exact) mass is 315 g/mol. The molecular formula is C11H17N5O4S. The summed E-state index contributed by atoms with van der Waals surface area (Å²) >= 11 is 0. The first-order valence-corrected chi connectivity index (χ1v) is 8.10. The molecule has 1 aliphatic heterocycles. The number of hydrogen-bond donors (Lipinski definition) is 1. The molecular weight excluding hydrogens is 298 g/mol. The number of aromatic nitrogens is 2. The van der Waals surface area contributed by atoms with Crippen molar-refractivity contribution in [3.8, 4) is 0 Å². The maximum absolute atomic E-state index is 11.7. The maximum atomic E-state index is 11.7. The summed E-state index contributed by atoms with van der Waals surface area (Å²) in [5.74, 6) is 0.357. The minimum atomic E-state index is -3.19. The van der Waals surface area contributed by atoms with E-state index < -0.39 is 16.1 Å². The van der Waals surface area contributed by atoms with Crippen LogP contribution in [-0.2, 0) is 14.9 Å².